The Balaban J connectivity index is 2.76. The minimum Gasteiger partial charge on any atom is -0.217 e. The molecule has 2 aromatic rings. The highest BCUT2D eigenvalue weighted by Crippen LogP contribution is 1.96. The van der Waals surface area contributed by atoms with Crippen LogP contribution in [0.3, 0.4) is 0 Å². The molecule has 2 heterocycles. The molecular formula is C6H7N5. The first kappa shape index (κ1) is 6.21. The van der Waals surface area contributed by atoms with E-state index in [9.17, 15) is 0 Å². The summed E-state index contributed by atoms with van der Waals surface area (Å²) in [6.45, 7) is 2.01. The molecule has 0 radical (unpaired) electrons. The predicted octanol–water partition coefficient (Wildman–Crippen LogP) is 0.0817. The maximum Gasteiger partial charge on any atom is 0.271 e. The first-order valence-electron chi connectivity index (χ1n) is 3.43. The van der Waals surface area contributed by atoms with Crippen LogP contribution in [0.1, 0.15) is 12.7 Å². The third-order valence-corrected chi connectivity index (χ3v) is 1.44. The van der Waals surface area contributed by atoms with E-state index in [0.29, 0.717) is 5.78 Å². The molecule has 0 unspecified atom stereocenters. The normalized spacial score (nSPS) is 10.6. The summed E-state index contributed by atoms with van der Waals surface area (Å²) < 4.78 is 1.64. The minimum atomic E-state index is 0.560. The molecule has 0 aliphatic carbocycles. The average molecular weight is 149 g/mol. The fourth-order valence-corrected chi connectivity index (χ4v) is 0.918. The lowest BCUT2D eigenvalue weighted by Gasteiger charge is -1.90. The predicted molar refractivity (Wildman–Crippen MR) is 38.0 cm³/mol. The van der Waals surface area contributed by atoms with Gasteiger partial charge in [-0.2, -0.15) is 9.61 Å². The lowest BCUT2D eigenvalue weighted by Crippen LogP contribution is -1.97. The van der Waals surface area contributed by atoms with Gasteiger partial charge < -0.3 is 0 Å². The van der Waals surface area contributed by atoms with Crippen LogP contribution in [0.5, 0.6) is 0 Å². The Hall–Kier alpha value is -1.52. The first-order valence-corrected chi connectivity index (χ1v) is 3.43. The SMILES string of the molecule is CCc1nnc2nccnn12. The van der Waals surface area contributed by atoms with Crippen molar-refractivity contribution in [2.75, 3.05) is 0 Å². The van der Waals surface area contributed by atoms with Crippen LogP contribution in [0.2, 0.25) is 0 Å². The summed E-state index contributed by atoms with van der Waals surface area (Å²) in [4.78, 5) is 3.98. The maximum atomic E-state index is 4.04. The molecule has 2 aromatic heterocycles. The summed E-state index contributed by atoms with van der Waals surface area (Å²) in [6.07, 6.45) is 4.04. The number of fused-ring (bicyclic) bond motifs is 1. The van der Waals surface area contributed by atoms with Crippen LogP contribution in [-0.2, 0) is 6.42 Å². The van der Waals surface area contributed by atoms with Gasteiger partial charge in [-0.3, -0.25) is 0 Å². The molecule has 0 aliphatic heterocycles. The summed E-state index contributed by atoms with van der Waals surface area (Å²) in [5, 5.41) is 11.8. The molecule has 0 atom stereocenters. The Bertz CT molecular complexity index is 366. The molecule has 0 saturated heterocycles. The highest BCUT2D eigenvalue weighted by molar-refractivity contribution is 5.22. The van der Waals surface area contributed by atoms with Crippen molar-refractivity contribution >= 4 is 5.78 Å². The molecule has 11 heavy (non-hydrogen) atoms. The molecule has 0 spiro atoms. The van der Waals surface area contributed by atoms with Crippen molar-refractivity contribution in [3.8, 4) is 0 Å². The van der Waals surface area contributed by atoms with Crippen LogP contribution >= 0.6 is 0 Å². The molecule has 5 heteroatoms. The van der Waals surface area contributed by atoms with Crippen LogP contribution < -0.4 is 0 Å². The molecule has 5 nitrogen and oxygen atoms in total. The minimum absolute atomic E-state index is 0.560. The zero-order valence-corrected chi connectivity index (χ0v) is 6.10. The third-order valence-electron chi connectivity index (χ3n) is 1.44. The van der Waals surface area contributed by atoms with Crippen molar-refractivity contribution < 1.29 is 0 Å². The molecule has 0 aromatic carbocycles. The van der Waals surface area contributed by atoms with E-state index >= 15 is 0 Å². The molecule has 0 bridgehead atoms. The van der Waals surface area contributed by atoms with Crippen molar-refractivity contribution in [1.29, 1.82) is 0 Å². The Morgan fingerprint density at radius 2 is 2.27 bits per heavy atom. The number of hydrogen-bond donors (Lipinski definition) is 0. The molecule has 0 N–H and O–H groups in total. The summed E-state index contributed by atoms with van der Waals surface area (Å²) in [5.41, 5.74) is 0. The lowest BCUT2D eigenvalue weighted by molar-refractivity contribution is 0.812. The largest absolute Gasteiger partial charge is 0.271 e. The van der Waals surface area contributed by atoms with E-state index in [1.165, 1.54) is 0 Å². The first-order chi connectivity index (χ1) is 5.42. The van der Waals surface area contributed by atoms with Crippen molar-refractivity contribution in [2.24, 2.45) is 0 Å². The highest BCUT2D eigenvalue weighted by Gasteiger charge is 2.02. The van der Waals surface area contributed by atoms with Crippen molar-refractivity contribution in [1.82, 2.24) is 24.8 Å². The Morgan fingerprint density at radius 1 is 1.36 bits per heavy atom. The van der Waals surface area contributed by atoms with E-state index in [1.807, 2.05) is 6.92 Å². The topological polar surface area (TPSA) is 56.0 Å². The Labute approximate surface area is 63.1 Å². The van der Waals surface area contributed by atoms with Gasteiger partial charge in [0.15, 0.2) is 5.82 Å². The number of rotatable bonds is 1. The zero-order valence-electron chi connectivity index (χ0n) is 6.10. The quantitative estimate of drug-likeness (QED) is 0.576. The zero-order chi connectivity index (χ0) is 7.68. The Kier molecular flexibility index (Phi) is 1.28. The van der Waals surface area contributed by atoms with Crippen molar-refractivity contribution in [3.63, 3.8) is 0 Å². The van der Waals surface area contributed by atoms with Gasteiger partial charge in [-0.05, 0) is 0 Å². The van der Waals surface area contributed by atoms with Gasteiger partial charge in [0, 0.05) is 6.42 Å². The fourth-order valence-electron chi connectivity index (χ4n) is 0.918. The van der Waals surface area contributed by atoms with Gasteiger partial charge in [0.2, 0.25) is 0 Å². The van der Waals surface area contributed by atoms with Crippen LogP contribution in [0, 0.1) is 0 Å². The van der Waals surface area contributed by atoms with E-state index in [1.54, 1.807) is 16.9 Å². The molecule has 0 aliphatic rings. The summed E-state index contributed by atoms with van der Waals surface area (Å²) >= 11 is 0. The molecule has 0 amide bonds. The van der Waals surface area contributed by atoms with E-state index in [2.05, 4.69) is 20.3 Å². The van der Waals surface area contributed by atoms with Gasteiger partial charge in [-0.25, -0.2) is 4.98 Å². The molecular weight excluding hydrogens is 142 g/mol. The van der Waals surface area contributed by atoms with Crippen molar-refractivity contribution in [2.45, 2.75) is 13.3 Å². The average Bonchev–Trinajstić information content (AvgIpc) is 2.47. The van der Waals surface area contributed by atoms with Crippen molar-refractivity contribution in [3.05, 3.63) is 18.2 Å². The second-order valence-corrected chi connectivity index (χ2v) is 2.12. The van der Waals surface area contributed by atoms with Crippen LogP contribution in [-0.4, -0.2) is 24.8 Å². The second-order valence-electron chi connectivity index (χ2n) is 2.12. The maximum absolute atomic E-state index is 4.04. The summed E-state index contributed by atoms with van der Waals surface area (Å²) in [5.74, 6) is 1.40. The molecule has 56 valence electrons. The van der Waals surface area contributed by atoms with E-state index in [4.69, 9.17) is 0 Å². The third kappa shape index (κ3) is 0.849. The van der Waals surface area contributed by atoms with Gasteiger partial charge in [-0.1, -0.05) is 6.92 Å². The monoisotopic (exact) mass is 149 g/mol. The second kappa shape index (κ2) is 2.26. The Morgan fingerprint density at radius 3 is 3.09 bits per heavy atom. The summed E-state index contributed by atoms with van der Waals surface area (Å²) in [7, 11) is 0. The van der Waals surface area contributed by atoms with Crippen LogP contribution in [0.4, 0.5) is 0 Å². The van der Waals surface area contributed by atoms with Gasteiger partial charge in [0.25, 0.3) is 5.78 Å². The standard InChI is InChI=1S/C6H7N5/c1-2-5-9-10-6-7-3-4-8-11(5)6/h3-4H,2H2,1H3. The van der Waals surface area contributed by atoms with Crippen LogP contribution in [0.15, 0.2) is 12.4 Å². The lowest BCUT2D eigenvalue weighted by atomic mass is 10.5. The van der Waals surface area contributed by atoms with Gasteiger partial charge in [-0.15, -0.1) is 10.2 Å². The molecule has 0 fully saturated rings. The van der Waals surface area contributed by atoms with E-state index < -0.39 is 0 Å². The van der Waals surface area contributed by atoms with Crippen LogP contribution in [0.25, 0.3) is 5.78 Å². The number of aryl methyl sites for hydroxylation is 1. The van der Waals surface area contributed by atoms with E-state index in [-0.39, 0.29) is 0 Å². The molecule has 2 rings (SSSR count). The fraction of sp³-hybridized carbons (Fsp3) is 0.333. The van der Waals surface area contributed by atoms with E-state index in [0.717, 1.165) is 12.2 Å². The summed E-state index contributed by atoms with van der Waals surface area (Å²) in [6, 6.07) is 0. The molecule has 0 saturated carbocycles. The van der Waals surface area contributed by atoms with Gasteiger partial charge in [0.05, 0.1) is 12.4 Å². The highest BCUT2D eigenvalue weighted by atomic mass is 15.4. The number of hydrogen-bond acceptors (Lipinski definition) is 4. The smallest absolute Gasteiger partial charge is 0.217 e. The number of nitrogens with zero attached hydrogens (tertiary/aromatic N) is 5. The number of aromatic nitrogens is 5. The van der Waals surface area contributed by atoms with Gasteiger partial charge in [0.1, 0.15) is 0 Å². The van der Waals surface area contributed by atoms with Gasteiger partial charge >= 0.3 is 0 Å².